The molecule has 3 rings (SSSR count). The van der Waals surface area contributed by atoms with E-state index in [1.165, 1.54) is 0 Å². The maximum atomic E-state index is 13.1. The average Bonchev–Trinajstić information content (AvgIpc) is 3.08. The smallest absolute Gasteiger partial charge is 0.295 e. The first-order valence-corrected chi connectivity index (χ1v) is 11.7. The van der Waals surface area contributed by atoms with Gasteiger partial charge in [-0.2, -0.15) is 0 Å². The molecule has 2 aromatic carbocycles. The molecular formula is C27H34N2O4. The van der Waals surface area contributed by atoms with E-state index < -0.39 is 17.7 Å². The number of benzene rings is 2. The van der Waals surface area contributed by atoms with Crippen molar-refractivity contribution in [3.8, 4) is 5.75 Å². The Morgan fingerprint density at radius 3 is 2.36 bits per heavy atom. The van der Waals surface area contributed by atoms with Crippen molar-refractivity contribution in [2.24, 2.45) is 0 Å². The number of ketones is 1. The second kappa shape index (κ2) is 11.1. The highest BCUT2D eigenvalue weighted by Gasteiger charge is 2.45. The molecule has 0 aromatic heterocycles. The third kappa shape index (κ3) is 5.45. The summed E-state index contributed by atoms with van der Waals surface area (Å²) in [6.45, 7) is 11.6. The molecule has 0 radical (unpaired) electrons. The minimum atomic E-state index is -0.648. The lowest BCUT2D eigenvalue weighted by Crippen LogP contribution is -2.38. The molecule has 1 unspecified atom stereocenters. The standard InChI is InChI=1S/C27H34N2O4/c1-5-17-33-22-13-11-20(12-14-22)25(30)23-24(21-10-8-9-19(4)18-21)29(27(32)26(23)31)16-15-28(6-2)7-3/h8-14,18,24,30H,5-7,15-17H2,1-4H3/b25-23-. The van der Waals surface area contributed by atoms with Gasteiger partial charge in [-0.05, 0) is 56.3 Å². The fraction of sp³-hybridized carbons (Fsp3) is 0.407. The molecule has 2 aromatic rings. The normalized spacial score (nSPS) is 17.7. The molecule has 1 N–H and O–H groups in total. The Kier molecular flexibility index (Phi) is 8.28. The van der Waals surface area contributed by atoms with Crippen LogP contribution in [0.4, 0.5) is 0 Å². The molecule has 0 aliphatic carbocycles. The van der Waals surface area contributed by atoms with Crippen LogP contribution in [0.1, 0.15) is 49.9 Å². The van der Waals surface area contributed by atoms with Crippen LogP contribution in [0.5, 0.6) is 5.75 Å². The Morgan fingerprint density at radius 1 is 1.06 bits per heavy atom. The number of hydrogen-bond acceptors (Lipinski definition) is 5. The second-order valence-electron chi connectivity index (χ2n) is 8.31. The zero-order chi connectivity index (χ0) is 24.0. The molecule has 1 heterocycles. The molecule has 1 saturated heterocycles. The fourth-order valence-corrected chi connectivity index (χ4v) is 4.17. The summed E-state index contributed by atoms with van der Waals surface area (Å²) in [7, 11) is 0. The molecular weight excluding hydrogens is 416 g/mol. The molecule has 1 amide bonds. The number of aliphatic hydroxyl groups excluding tert-OH is 1. The second-order valence-corrected chi connectivity index (χ2v) is 8.31. The predicted molar refractivity (Wildman–Crippen MR) is 130 cm³/mol. The van der Waals surface area contributed by atoms with Crippen LogP contribution >= 0.6 is 0 Å². The van der Waals surface area contributed by atoms with E-state index in [0.29, 0.717) is 31.0 Å². The van der Waals surface area contributed by atoms with Crippen LogP contribution in [0, 0.1) is 6.92 Å². The van der Waals surface area contributed by atoms with Crippen LogP contribution in [0.15, 0.2) is 54.1 Å². The third-order valence-electron chi connectivity index (χ3n) is 6.05. The number of likely N-dealkylation sites (tertiary alicyclic amines) is 1. The third-order valence-corrected chi connectivity index (χ3v) is 6.05. The molecule has 1 aliphatic rings. The molecule has 1 fully saturated rings. The predicted octanol–water partition coefficient (Wildman–Crippen LogP) is 4.55. The summed E-state index contributed by atoms with van der Waals surface area (Å²) in [5.74, 6) is -0.682. The summed E-state index contributed by atoms with van der Waals surface area (Å²) in [5.41, 5.74) is 2.46. The highest BCUT2D eigenvalue weighted by molar-refractivity contribution is 6.46. The van der Waals surface area contributed by atoms with Crippen molar-refractivity contribution in [1.29, 1.82) is 0 Å². The van der Waals surface area contributed by atoms with Gasteiger partial charge in [0.25, 0.3) is 11.7 Å². The molecule has 0 bridgehead atoms. The summed E-state index contributed by atoms with van der Waals surface area (Å²) in [5, 5.41) is 11.2. The van der Waals surface area contributed by atoms with E-state index in [-0.39, 0.29) is 11.3 Å². The Labute approximate surface area is 196 Å². The Morgan fingerprint density at radius 2 is 1.76 bits per heavy atom. The highest BCUT2D eigenvalue weighted by Crippen LogP contribution is 2.39. The quantitative estimate of drug-likeness (QED) is 0.327. The van der Waals surface area contributed by atoms with Crippen molar-refractivity contribution in [3.63, 3.8) is 0 Å². The van der Waals surface area contributed by atoms with Gasteiger partial charge < -0.3 is 19.6 Å². The summed E-state index contributed by atoms with van der Waals surface area (Å²) < 4.78 is 5.62. The zero-order valence-electron chi connectivity index (χ0n) is 20.0. The van der Waals surface area contributed by atoms with E-state index in [1.54, 1.807) is 29.2 Å². The van der Waals surface area contributed by atoms with Gasteiger partial charge in [-0.25, -0.2) is 0 Å². The summed E-state index contributed by atoms with van der Waals surface area (Å²) >= 11 is 0. The van der Waals surface area contributed by atoms with Crippen LogP contribution in [-0.4, -0.2) is 59.4 Å². The summed E-state index contributed by atoms with van der Waals surface area (Å²) in [6.07, 6.45) is 0.898. The Bertz CT molecular complexity index is 1010. The molecule has 0 spiro atoms. The van der Waals surface area contributed by atoms with Gasteiger partial charge in [0.15, 0.2) is 0 Å². The van der Waals surface area contributed by atoms with Gasteiger partial charge in [-0.1, -0.05) is 50.6 Å². The number of carbonyl (C=O) groups excluding carboxylic acids is 2. The zero-order valence-corrected chi connectivity index (χ0v) is 20.0. The van der Waals surface area contributed by atoms with E-state index in [0.717, 1.165) is 30.6 Å². The lowest BCUT2D eigenvalue weighted by molar-refractivity contribution is -0.140. The first-order chi connectivity index (χ1) is 15.9. The minimum Gasteiger partial charge on any atom is -0.507 e. The number of hydrogen-bond donors (Lipinski definition) is 1. The van der Waals surface area contributed by atoms with Crippen molar-refractivity contribution >= 4 is 17.4 Å². The first kappa shape index (κ1) is 24.5. The van der Waals surface area contributed by atoms with Crippen LogP contribution in [-0.2, 0) is 9.59 Å². The molecule has 1 aliphatic heterocycles. The largest absolute Gasteiger partial charge is 0.507 e. The van der Waals surface area contributed by atoms with E-state index in [4.69, 9.17) is 4.74 Å². The minimum absolute atomic E-state index is 0.132. The van der Waals surface area contributed by atoms with Crippen molar-refractivity contribution in [2.75, 3.05) is 32.8 Å². The van der Waals surface area contributed by atoms with Crippen LogP contribution < -0.4 is 4.74 Å². The van der Waals surface area contributed by atoms with E-state index >= 15 is 0 Å². The van der Waals surface area contributed by atoms with Crippen LogP contribution in [0.2, 0.25) is 0 Å². The Hall–Kier alpha value is -3.12. The van der Waals surface area contributed by atoms with Crippen molar-refractivity contribution in [2.45, 2.75) is 40.2 Å². The van der Waals surface area contributed by atoms with Gasteiger partial charge in [0, 0.05) is 18.7 Å². The maximum Gasteiger partial charge on any atom is 0.295 e. The number of amides is 1. The molecule has 6 nitrogen and oxygen atoms in total. The molecule has 6 heteroatoms. The summed E-state index contributed by atoms with van der Waals surface area (Å²) in [6, 6.07) is 14.1. The van der Waals surface area contributed by atoms with Gasteiger partial charge in [-0.15, -0.1) is 0 Å². The van der Waals surface area contributed by atoms with Gasteiger partial charge in [0.2, 0.25) is 0 Å². The lowest BCUT2D eigenvalue weighted by atomic mass is 9.94. The Balaban J connectivity index is 2.03. The van der Waals surface area contributed by atoms with E-state index in [2.05, 4.69) is 18.7 Å². The number of carbonyl (C=O) groups is 2. The van der Waals surface area contributed by atoms with Gasteiger partial charge in [-0.3, -0.25) is 9.59 Å². The van der Waals surface area contributed by atoms with Crippen LogP contribution in [0.25, 0.3) is 5.76 Å². The number of rotatable bonds is 10. The van der Waals surface area contributed by atoms with Crippen molar-refractivity contribution in [3.05, 3.63) is 70.8 Å². The highest BCUT2D eigenvalue weighted by atomic mass is 16.5. The van der Waals surface area contributed by atoms with E-state index in [9.17, 15) is 14.7 Å². The molecule has 0 saturated carbocycles. The van der Waals surface area contributed by atoms with Crippen molar-refractivity contribution in [1.82, 2.24) is 9.80 Å². The number of nitrogens with zero attached hydrogens (tertiary/aromatic N) is 2. The van der Waals surface area contributed by atoms with E-state index in [1.807, 2.05) is 38.1 Å². The number of aryl methyl sites for hydroxylation is 1. The molecule has 176 valence electrons. The van der Waals surface area contributed by atoms with Gasteiger partial charge in [0.05, 0.1) is 18.2 Å². The number of ether oxygens (including phenoxy) is 1. The number of likely N-dealkylation sites (N-methyl/N-ethyl adjacent to an activating group) is 1. The average molecular weight is 451 g/mol. The molecule has 33 heavy (non-hydrogen) atoms. The molecule has 1 atom stereocenters. The SMILES string of the molecule is CCCOc1ccc(/C(O)=C2/C(=O)C(=O)N(CCN(CC)CC)C2c2cccc(C)c2)cc1. The number of Topliss-reactive ketones (excluding diaryl/α,β-unsaturated/α-hetero) is 1. The van der Waals surface area contributed by atoms with Gasteiger partial charge >= 0.3 is 0 Å². The lowest BCUT2D eigenvalue weighted by Gasteiger charge is -2.28. The van der Waals surface area contributed by atoms with Crippen LogP contribution in [0.3, 0.4) is 0 Å². The maximum absolute atomic E-state index is 13.1. The summed E-state index contributed by atoms with van der Waals surface area (Å²) in [4.78, 5) is 30.0. The fourth-order valence-electron chi connectivity index (χ4n) is 4.17. The first-order valence-electron chi connectivity index (χ1n) is 11.7. The van der Waals surface area contributed by atoms with Gasteiger partial charge in [0.1, 0.15) is 11.5 Å². The van der Waals surface area contributed by atoms with Crippen molar-refractivity contribution < 1.29 is 19.4 Å². The topological polar surface area (TPSA) is 70.1 Å². The number of aliphatic hydroxyl groups is 1. The monoisotopic (exact) mass is 450 g/mol.